The Kier molecular flexibility index (Phi) is 3.47. The molecule has 4 atom stereocenters. The first-order valence-corrected chi connectivity index (χ1v) is 8.42. The van der Waals surface area contributed by atoms with Crippen LogP contribution in [0.15, 0.2) is 10.2 Å². The zero-order valence-electron chi connectivity index (χ0n) is 12.7. The first kappa shape index (κ1) is 13.9. The van der Waals surface area contributed by atoms with Gasteiger partial charge < -0.3 is 0 Å². The van der Waals surface area contributed by atoms with Crippen LogP contribution >= 0.6 is 0 Å². The smallest absolute Gasteiger partial charge is 0.262 e. The van der Waals surface area contributed by atoms with Crippen LogP contribution in [0.5, 0.6) is 0 Å². The Labute approximate surface area is 129 Å². The molecular formula is C16H22N4O2. The maximum atomic E-state index is 11.8. The summed E-state index contributed by atoms with van der Waals surface area (Å²) in [5, 5.41) is 8.31. The first-order chi connectivity index (χ1) is 10.7. The highest BCUT2D eigenvalue weighted by atomic mass is 16.2. The number of amides is 2. The van der Waals surface area contributed by atoms with Gasteiger partial charge in [-0.2, -0.15) is 10.2 Å². The molecule has 6 nitrogen and oxygen atoms in total. The minimum absolute atomic E-state index is 0.516. The Morgan fingerprint density at radius 2 is 1.23 bits per heavy atom. The lowest BCUT2D eigenvalue weighted by Gasteiger charge is -2.12. The zero-order valence-corrected chi connectivity index (χ0v) is 12.7. The van der Waals surface area contributed by atoms with Crippen molar-refractivity contribution in [2.24, 2.45) is 33.9 Å². The van der Waals surface area contributed by atoms with E-state index in [0.717, 1.165) is 36.1 Å². The number of carbonyl (C=O) groups excluding carboxylic acids is 2. The van der Waals surface area contributed by atoms with Gasteiger partial charge in [0.1, 0.15) is 0 Å². The quantitative estimate of drug-likeness (QED) is 0.599. The number of hydrazone groups is 2. The van der Waals surface area contributed by atoms with Crippen molar-refractivity contribution in [3.63, 3.8) is 0 Å². The van der Waals surface area contributed by atoms with E-state index in [9.17, 15) is 9.59 Å². The molecule has 6 heteroatoms. The fraction of sp³-hybridized carbons (Fsp3) is 0.750. The normalized spacial score (nSPS) is 38.9. The number of carbonyl (C=O) groups is 2. The van der Waals surface area contributed by atoms with Crippen LogP contribution in [0.1, 0.15) is 51.4 Å². The van der Waals surface area contributed by atoms with Gasteiger partial charge in [-0.15, -0.1) is 0 Å². The third-order valence-electron chi connectivity index (χ3n) is 5.83. The van der Waals surface area contributed by atoms with Crippen molar-refractivity contribution in [2.75, 3.05) is 0 Å². The third-order valence-corrected chi connectivity index (χ3v) is 5.83. The molecule has 4 fully saturated rings. The Balaban J connectivity index is 1.28. The lowest BCUT2D eigenvalue weighted by Crippen LogP contribution is -2.36. The number of fused-ring (bicyclic) bond motifs is 4. The molecule has 4 aliphatic carbocycles. The molecule has 2 amide bonds. The van der Waals surface area contributed by atoms with Crippen molar-refractivity contribution < 1.29 is 9.59 Å². The molecule has 0 heterocycles. The van der Waals surface area contributed by atoms with Gasteiger partial charge in [0.2, 0.25) is 0 Å². The summed E-state index contributed by atoms with van der Waals surface area (Å²) in [4.78, 5) is 23.5. The average Bonchev–Trinajstić information content (AvgIpc) is 3.30. The molecule has 0 unspecified atom stereocenters. The van der Waals surface area contributed by atoms with E-state index in [2.05, 4.69) is 21.1 Å². The second-order valence-electron chi connectivity index (χ2n) is 7.25. The maximum Gasteiger partial charge on any atom is 0.331 e. The van der Waals surface area contributed by atoms with Crippen LogP contribution in [0.25, 0.3) is 0 Å². The van der Waals surface area contributed by atoms with Crippen molar-refractivity contribution in [3.8, 4) is 0 Å². The summed E-state index contributed by atoms with van der Waals surface area (Å²) >= 11 is 0. The summed E-state index contributed by atoms with van der Waals surface area (Å²) in [6.45, 7) is 0. The highest BCUT2D eigenvalue weighted by molar-refractivity contribution is 6.35. The molecule has 0 aromatic heterocycles. The van der Waals surface area contributed by atoms with Gasteiger partial charge in [0.25, 0.3) is 0 Å². The topological polar surface area (TPSA) is 82.9 Å². The molecule has 0 aromatic rings. The Morgan fingerprint density at radius 1 is 0.773 bits per heavy atom. The minimum atomic E-state index is -0.720. The fourth-order valence-electron chi connectivity index (χ4n) is 4.67. The Hall–Kier alpha value is -1.72. The van der Waals surface area contributed by atoms with Crippen molar-refractivity contribution in [3.05, 3.63) is 0 Å². The fourth-order valence-corrected chi connectivity index (χ4v) is 4.67. The summed E-state index contributed by atoms with van der Waals surface area (Å²) in [6, 6.07) is 0. The second-order valence-corrected chi connectivity index (χ2v) is 7.25. The predicted octanol–water partition coefficient (Wildman–Crippen LogP) is 1.57. The van der Waals surface area contributed by atoms with Gasteiger partial charge in [0.15, 0.2) is 0 Å². The number of hydrogen-bond acceptors (Lipinski definition) is 4. The van der Waals surface area contributed by atoms with Gasteiger partial charge in [-0.3, -0.25) is 9.59 Å². The van der Waals surface area contributed by atoms with Crippen LogP contribution in [-0.4, -0.2) is 23.2 Å². The van der Waals surface area contributed by atoms with Gasteiger partial charge >= 0.3 is 11.8 Å². The molecule has 0 spiro atoms. The zero-order chi connectivity index (χ0) is 15.1. The van der Waals surface area contributed by atoms with Crippen molar-refractivity contribution in [2.45, 2.75) is 51.4 Å². The lowest BCUT2D eigenvalue weighted by atomic mass is 9.99. The van der Waals surface area contributed by atoms with Gasteiger partial charge in [-0.25, -0.2) is 10.9 Å². The third kappa shape index (κ3) is 2.55. The minimum Gasteiger partial charge on any atom is -0.262 e. The van der Waals surface area contributed by atoms with Crippen LogP contribution in [0.4, 0.5) is 0 Å². The summed E-state index contributed by atoms with van der Waals surface area (Å²) in [6.07, 6.45) is 9.21. The standard InChI is InChI=1S/C16H22N4O2/c21-15(19-17-13-7-9-1-3-11(13)5-9)16(22)20-18-14-8-10-2-4-12(14)6-10/h9-12H,1-8H2,(H,19,21)(H,20,22)/b17-13-,18-14+/t9-,10-,11+,12-/m1/s1. The van der Waals surface area contributed by atoms with E-state index in [-0.39, 0.29) is 0 Å². The first-order valence-electron chi connectivity index (χ1n) is 8.42. The average molecular weight is 302 g/mol. The van der Waals surface area contributed by atoms with Crippen LogP contribution in [0, 0.1) is 23.7 Å². The highest BCUT2D eigenvalue weighted by Gasteiger charge is 2.37. The van der Waals surface area contributed by atoms with Crippen molar-refractivity contribution >= 4 is 23.2 Å². The maximum absolute atomic E-state index is 11.8. The molecule has 0 aliphatic heterocycles. The number of hydrogen-bond donors (Lipinski definition) is 2. The van der Waals surface area contributed by atoms with Crippen molar-refractivity contribution in [1.82, 2.24) is 10.9 Å². The van der Waals surface area contributed by atoms with Crippen molar-refractivity contribution in [1.29, 1.82) is 0 Å². The highest BCUT2D eigenvalue weighted by Crippen LogP contribution is 2.43. The lowest BCUT2D eigenvalue weighted by molar-refractivity contribution is -0.139. The summed E-state index contributed by atoms with van der Waals surface area (Å²) in [7, 11) is 0. The molecule has 4 rings (SSSR count). The number of nitrogens with zero attached hydrogens (tertiary/aromatic N) is 2. The molecular weight excluding hydrogens is 280 g/mol. The molecule has 4 saturated carbocycles. The van der Waals surface area contributed by atoms with Crippen LogP contribution in [0.3, 0.4) is 0 Å². The van der Waals surface area contributed by atoms with E-state index in [1.807, 2.05) is 0 Å². The SMILES string of the molecule is O=C(N/N=C1/C[C@@H]2CC[C@H]1C2)C(=O)N/N=C1\C[C@@H]2CC[C@@H]1C2. The van der Waals surface area contributed by atoms with Gasteiger partial charge in [0.05, 0.1) is 0 Å². The number of nitrogens with one attached hydrogen (secondary N) is 2. The Morgan fingerprint density at radius 3 is 1.55 bits per heavy atom. The van der Waals surface area contributed by atoms with E-state index in [1.165, 1.54) is 38.5 Å². The molecule has 4 bridgehead atoms. The van der Waals surface area contributed by atoms with Crippen LogP contribution in [0.2, 0.25) is 0 Å². The Bertz CT molecular complexity index is 518. The van der Waals surface area contributed by atoms with Gasteiger partial charge in [-0.1, -0.05) is 0 Å². The van der Waals surface area contributed by atoms with Gasteiger partial charge in [-0.05, 0) is 75.0 Å². The van der Waals surface area contributed by atoms with E-state index in [4.69, 9.17) is 0 Å². The molecule has 4 aliphatic rings. The van der Waals surface area contributed by atoms with E-state index < -0.39 is 11.8 Å². The van der Waals surface area contributed by atoms with Gasteiger partial charge in [0, 0.05) is 11.4 Å². The number of rotatable bonds is 2. The summed E-state index contributed by atoms with van der Waals surface area (Å²) in [5.74, 6) is 1.06. The molecule has 2 N–H and O–H groups in total. The predicted molar refractivity (Wildman–Crippen MR) is 82.1 cm³/mol. The molecule has 0 radical (unpaired) electrons. The molecule has 0 saturated heterocycles. The van der Waals surface area contributed by atoms with E-state index >= 15 is 0 Å². The summed E-state index contributed by atoms with van der Waals surface area (Å²) in [5.41, 5.74) is 6.88. The largest absolute Gasteiger partial charge is 0.331 e. The molecule has 22 heavy (non-hydrogen) atoms. The monoisotopic (exact) mass is 302 g/mol. The summed E-state index contributed by atoms with van der Waals surface area (Å²) < 4.78 is 0. The second kappa shape index (κ2) is 5.48. The van der Waals surface area contributed by atoms with E-state index in [1.54, 1.807) is 0 Å². The van der Waals surface area contributed by atoms with E-state index in [0.29, 0.717) is 11.8 Å². The molecule has 118 valence electrons. The van der Waals surface area contributed by atoms with Crippen LogP contribution in [-0.2, 0) is 9.59 Å². The molecule has 0 aromatic carbocycles. The van der Waals surface area contributed by atoms with Crippen LogP contribution < -0.4 is 10.9 Å².